The SMILES string of the molecule is CBc1cc(-c2ccccc2)cc2c1-c1ccc(-c3ccccc3)cc1C2(C)C. The fourth-order valence-electron chi connectivity index (χ4n) is 4.82. The predicted octanol–water partition coefficient (Wildman–Crippen LogP) is 6.44. The Morgan fingerprint density at radius 3 is 1.79 bits per heavy atom. The van der Waals surface area contributed by atoms with Crippen LogP contribution in [0.3, 0.4) is 0 Å². The Bertz CT molecular complexity index is 1190. The van der Waals surface area contributed by atoms with Gasteiger partial charge in [0.2, 0.25) is 0 Å². The summed E-state index contributed by atoms with van der Waals surface area (Å²) in [6.45, 7) is 7.02. The minimum Gasteiger partial charge on any atom is -0.0849 e. The Labute approximate surface area is 174 Å². The number of rotatable bonds is 3. The van der Waals surface area contributed by atoms with E-state index >= 15 is 0 Å². The summed E-state index contributed by atoms with van der Waals surface area (Å²) >= 11 is 0. The van der Waals surface area contributed by atoms with E-state index in [0.29, 0.717) is 0 Å². The van der Waals surface area contributed by atoms with Crippen LogP contribution < -0.4 is 5.46 Å². The molecule has 0 nitrogen and oxygen atoms in total. The smallest absolute Gasteiger partial charge is 0.0849 e. The molecule has 0 bridgehead atoms. The molecule has 0 amide bonds. The molecule has 0 N–H and O–H groups in total. The van der Waals surface area contributed by atoms with Crippen LogP contribution in [-0.4, -0.2) is 7.28 Å². The quantitative estimate of drug-likeness (QED) is 0.363. The van der Waals surface area contributed by atoms with E-state index in [1.54, 1.807) is 0 Å². The zero-order valence-electron chi connectivity index (χ0n) is 17.4. The van der Waals surface area contributed by atoms with Crippen LogP contribution in [0.25, 0.3) is 33.4 Å². The lowest BCUT2D eigenvalue weighted by atomic mass is 9.68. The second-order valence-electron chi connectivity index (χ2n) is 8.53. The van der Waals surface area contributed by atoms with Crippen molar-refractivity contribution in [1.82, 2.24) is 0 Å². The van der Waals surface area contributed by atoms with Crippen LogP contribution in [0, 0.1) is 0 Å². The molecule has 29 heavy (non-hydrogen) atoms. The van der Waals surface area contributed by atoms with Crippen LogP contribution in [0.4, 0.5) is 0 Å². The molecule has 0 aliphatic heterocycles. The Kier molecular flexibility index (Phi) is 4.21. The summed E-state index contributed by atoms with van der Waals surface area (Å²) in [7, 11) is 1.04. The summed E-state index contributed by atoms with van der Waals surface area (Å²) in [5.74, 6) is 0. The number of fused-ring (bicyclic) bond motifs is 3. The second-order valence-corrected chi connectivity index (χ2v) is 8.53. The van der Waals surface area contributed by atoms with Gasteiger partial charge < -0.3 is 0 Å². The molecule has 0 atom stereocenters. The largest absolute Gasteiger partial charge is 0.155 e. The fourth-order valence-corrected chi connectivity index (χ4v) is 4.82. The third-order valence-electron chi connectivity index (χ3n) is 6.45. The highest BCUT2D eigenvalue weighted by molar-refractivity contribution is 6.54. The number of hydrogen-bond acceptors (Lipinski definition) is 0. The summed E-state index contributed by atoms with van der Waals surface area (Å²) < 4.78 is 0. The van der Waals surface area contributed by atoms with E-state index in [1.807, 2.05) is 0 Å². The zero-order valence-corrected chi connectivity index (χ0v) is 17.4. The van der Waals surface area contributed by atoms with Crippen molar-refractivity contribution >= 4 is 12.7 Å². The lowest BCUT2D eigenvalue weighted by molar-refractivity contribution is 0.661. The van der Waals surface area contributed by atoms with Gasteiger partial charge in [-0.3, -0.25) is 0 Å². The number of benzene rings is 4. The lowest BCUT2D eigenvalue weighted by Crippen LogP contribution is -2.19. The van der Waals surface area contributed by atoms with Gasteiger partial charge in [0.1, 0.15) is 0 Å². The summed E-state index contributed by atoms with van der Waals surface area (Å²) in [6, 6.07) is 33.3. The minimum atomic E-state index is -0.00975. The molecule has 1 heteroatoms. The van der Waals surface area contributed by atoms with Crippen LogP contribution in [0.2, 0.25) is 6.82 Å². The molecule has 0 radical (unpaired) electrons. The summed E-state index contributed by atoms with van der Waals surface area (Å²) in [5, 5.41) is 0. The molecule has 5 rings (SSSR count). The molecule has 0 saturated carbocycles. The van der Waals surface area contributed by atoms with E-state index in [1.165, 1.54) is 50.0 Å². The summed E-state index contributed by atoms with van der Waals surface area (Å²) in [6.07, 6.45) is 0. The van der Waals surface area contributed by atoms with Crippen molar-refractivity contribution < 1.29 is 0 Å². The molecule has 0 fully saturated rings. The molecular weight excluding hydrogens is 347 g/mol. The van der Waals surface area contributed by atoms with Crippen LogP contribution in [0.5, 0.6) is 0 Å². The maximum atomic E-state index is 2.42. The van der Waals surface area contributed by atoms with Crippen molar-refractivity contribution in [2.75, 3.05) is 0 Å². The van der Waals surface area contributed by atoms with Gasteiger partial charge in [0.25, 0.3) is 0 Å². The molecule has 0 spiro atoms. The molecule has 0 saturated heterocycles. The molecule has 1 aliphatic carbocycles. The average Bonchev–Trinajstić information content (AvgIpc) is 3.01. The minimum absolute atomic E-state index is 0.00975. The normalized spacial score (nSPS) is 13.6. The van der Waals surface area contributed by atoms with Crippen LogP contribution in [-0.2, 0) is 5.41 Å². The Balaban J connectivity index is 1.72. The third-order valence-corrected chi connectivity index (χ3v) is 6.45. The van der Waals surface area contributed by atoms with Crippen LogP contribution in [0.15, 0.2) is 91.0 Å². The van der Waals surface area contributed by atoms with Crippen LogP contribution in [0.1, 0.15) is 25.0 Å². The van der Waals surface area contributed by atoms with E-state index in [-0.39, 0.29) is 5.41 Å². The van der Waals surface area contributed by atoms with E-state index in [0.717, 1.165) is 7.28 Å². The fraction of sp³-hybridized carbons (Fsp3) is 0.143. The predicted molar refractivity (Wildman–Crippen MR) is 128 cm³/mol. The topological polar surface area (TPSA) is 0 Å². The van der Waals surface area contributed by atoms with Gasteiger partial charge in [0, 0.05) is 5.41 Å². The van der Waals surface area contributed by atoms with Gasteiger partial charge in [-0.15, -0.1) is 0 Å². The van der Waals surface area contributed by atoms with Crippen molar-refractivity contribution in [2.24, 2.45) is 0 Å². The highest BCUT2D eigenvalue weighted by Crippen LogP contribution is 2.49. The van der Waals surface area contributed by atoms with E-state index < -0.39 is 0 Å². The lowest BCUT2D eigenvalue weighted by Gasteiger charge is -2.23. The van der Waals surface area contributed by atoms with Crippen molar-refractivity contribution in [3.8, 4) is 33.4 Å². The van der Waals surface area contributed by atoms with Gasteiger partial charge in [-0.05, 0) is 56.6 Å². The van der Waals surface area contributed by atoms with Gasteiger partial charge in [-0.25, -0.2) is 0 Å². The molecule has 1 aliphatic rings. The highest BCUT2D eigenvalue weighted by Gasteiger charge is 2.37. The third kappa shape index (κ3) is 2.84. The zero-order chi connectivity index (χ0) is 20.0. The van der Waals surface area contributed by atoms with E-state index in [9.17, 15) is 0 Å². The van der Waals surface area contributed by atoms with Gasteiger partial charge in [0.15, 0.2) is 7.28 Å². The summed E-state index contributed by atoms with van der Waals surface area (Å²) in [4.78, 5) is 0. The molecular formula is C28H25B. The first-order chi connectivity index (χ1) is 14.1. The van der Waals surface area contributed by atoms with Gasteiger partial charge in [0.05, 0.1) is 0 Å². The Morgan fingerprint density at radius 1 is 0.586 bits per heavy atom. The van der Waals surface area contributed by atoms with Crippen molar-refractivity contribution in [2.45, 2.75) is 26.1 Å². The van der Waals surface area contributed by atoms with Gasteiger partial charge in [-0.1, -0.05) is 105 Å². The van der Waals surface area contributed by atoms with Crippen molar-refractivity contribution in [3.63, 3.8) is 0 Å². The van der Waals surface area contributed by atoms with Crippen molar-refractivity contribution in [3.05, 3.63) is 102 Å². The Morgan fingerprint density at radius 2 is 1.17 bits per heavy atom. The molecule has 0 heterocycles. The molecule has 4 aromatic rings. The van der Waals surface area contributed by atoms with Crippen LogP contribution >= 0.6 is 0 Å². The molecule has 4 aromatic carbocycles. The molecule has 140 valence electrons. The van der Waals surface area contributed by atoms with Gasteiger partial charge in [-0.2, -0.15) is 0 Å². The Hall–Kier alpha value is -3.06. The first-order valence-corrected chi connectivity index (χ1v) is 10.5. The van der Waals surface area contributed by atoms with E-state index in [4.69, 9.17) is 0 Å². The monoisotopic (exact) mass is 372 g/mol. The second kappa shape index (κ2) is 6.78. The standard InChI is InChI=1S/C28H25B/c1-28(2)24-16-21(19-10-6-4-7-11-19)14-15-23(24)27-25(28)17-22(18-26(27)29-3)20-12-8-5-9-13-20/h4-18,29H,1-3H3. The first-order valence-electron chi connectivity index (χ1n) is 10.5. The summed E-state index contributed by atoms with van der Waals surface area (Å²) in [5.41, 5.74) is 12.4. The first kappa shape index (κ1) is 18.0. The maximum absolute atomic E-state index is 2.42. The van der Waals surface area contributed by atoms with Gasteiger partial charge >= 0.3 is 0 Å². The highest BCUT2D eigenvalue weighted by atomic mass is 14.4. The maximum Gasteiger partial charge on any atom is 0.155 e. The molecule has 0 unspecified atom stereocenters. The van der Waals surface area contributed by atoms with E-state index in [2.05, 4.69) is 112 Å². The molecule has 0 aromatic heterocycles. The average molecular weight is 372 g/mol. The van der Waals surface area contributed by atoms with Crippen molar-refractivity contribution in [1.29, 1.82) is 0 Å². The number of hydrogen-bond donors (Lipinski definition) is 0.